The normalized spacial score (nSPS) is 11.8. The van der Waals surface area contributed by atoms with E-state index in [0.717, 1.165) is 0 Å². The first-order valence-corrected chi connectivity index (χ1v) is 9.13. The van der Waals surface area contributed by atoms with Gasteiger partial charge in [0.05, 0.1) is 28.7 Å². The van der Waals surface area contributed by atoms with Gasteiger partial charge in [-0.05, 0) is 18.6 Å². The van der Waals surface area contributed by atoms with Gasteiger partial charge in [-0.2, -0.15) is 18.4 Å². The van der Waals surface area contributed by atoms with Gasteiger partial charge in [0.15, 0.2) is 15.6 Å². The van der Waals surface area contributed by atoms with Crippen molar-refractivity contribution in [3.8, 4) is 17.8 Å². The van der Waals surface area contributed by atoms with Crippen molar-refractivity contribution in [2.45, 2.75) is 23.9 Å². The molecule has 0 amide bonds. The van der Waals surface area contributed by atoms with Crippen LogP contribution in [0.15, 0.2) is 35.5 Å². The zero-order chi connectivity index (χ0) is 19.4. The SMILES string of the molecule is N#Cc1cccc(Oc2ncc(Cl)cn2)c1S(=O)(=O)CCCC(F)(F)F. The molecule has 11 heteroatoms. The minimum absolute atomic E-state index is 0.225. The first-order chi connectivity index (χ1) is 12.1. The molecule has 0 saturated heterocycles. The number of alkyl halides is 3. The van der Waals surface area contributed by atoms with Gasteiger partial charge in [0.1, 0.15) is 11.0 Å². The molecule has 0 aliphatic heterocycles. The van der Waals surface area contributed by atoms with Gasteiger partial charge in [0.25, 0.3) is 0 Å². The third kappa shape index (κ3) is 5.31. The average molecular weight is 406 g/mol. The third-order valence-electron chi connectivity index (χ3n) is 3.08. The van der Waals surface area contributed by atoms with Gasteiger partial charge < -0.3 is 4.74 Å². The molecule has 0 atom stereocenters. The van der Waals surface area contributed by atoms with E-state index in [1.165, 1.54) is 30.6 Å². The number of rotatable bonds is 6. The van der Waals surface area contributed by atoms with Crippen molar-refractivity contribution >= 4 is 21.4 Å². The molecule has 26 heavy (non-hydrogen) atoms. The molecule has 0 spiro atoms. The van der Waals surface area contributed by atoms with E-state index in [-0.39, 0.29) is 22.3 Å². The molecule has 1 aromatic heterocycles. The molecule has 1 aromatic carbocycles. The maximum Gasteiger partial charge on any atom is 0.389 e. The number of nitriles is 1. The predicted octanol–water partition coefficient (Wildman–Crippen LogP) is 3.91. The summed E-state index contributed by atoms with van der Waals surface area (Å²) < 4.78 is 67.1. The van der Waals surface area contributed by atoms with E-state index in [2.05, 4.69) is 9.97 Å². The zero-order valence-electron chi connectivity index (χ0n) is 13.0. The van der Waals surface area contributed by atoms with Crippen LogP contribution in [0.5, 0.6) is 11.8 Å². The lowest BCUT2D eigenvalue weighted by atomic mass is 10.2. The Morgan fingerprint density at radius 3 is 2.46 bits per heavy atom. The number of halogens is 4. The summed E-state index contributed by atoms with van der Waals surface area (Å²) in [4.78, 5) is 7.01. The van der Waals surface area contributed by atoms with Crippen LogP contribution in [-0.2, 0) is 9.84 Å². The van der Waals surface area contributed by atoms with E-state index in [1.807, 2.05) is 0 Å². The molecule has 0 aliphatic rings. The Balaban J connectivity index is 2.36. The lowest BCUT2D eigenvalue weighted by Crippen LogP contribution is -2.14. The van der Waals surface area contributed by atoms with Crippen LogP contribution < -0.4 is 4.74 Å². The topological polar surface area (TPSA) is 92.9 Å². The molecule has 0 fully saturated rings. The summed E-state index contributed by atoms with van der Waals surface area (Å²) in [5, 5.41) is 9.39. The highest BCUT2D eigenvalue weighted by Gasteiger charge is 2.30. The fourth-order valence-electron chi connectivity index (χ4n) is 2.02. The van der Waals surface area contributed by atoms with Crippen molar-refractivity contribution in [2.24, 2.45) is 0 Å². The molecule has 0 unspecified atom stereocenters. The highest BCUT2D eigenvalue weighted by molar-refractivity contribution is 7.91. The van der Waals surface area contributed by atoms with E-state index >= 15 is 0 Å². The Morgan fingerprint density at radius 2 is 1.88 bits per heavy atom. The summed E-state index contributed by atoms with van der Waals surface area (Å²) in [6.07, 6.45) is -3.92. The molecule has 0 bridgehead atoms. The number of ether oxygens (including phenoxy) is 1. The van der Waals surface area contributed by atoms with Gasteiger partial charge in [0.2, 0.25) is 0 Å². The number of benzene rings is 1. The lowest BCUT2D eigenvalue weighted by Gasteiger charge is -2.12. The minimum atomic E-state index is -4.47. The minimum Gasteiger partial charge on any atom is -0.423 e. The van der Waals surface area contributed by atoms with Crippen LogP contribution in [0.25, 0.3) is 0 Å². The second-order valence-corrected chi connectivity index (χ2v) is 7.55. The molecule has 0 saturated carbocycles. The third-order valence-corrected chi connectivity index (χ3v) is 5.15. The number of aromatic nitrogens is 2. The average Bonchev–Trinajstić information content (AvgIpc) is 2.55. The number of sulfone groups is 1. The zero-order valence-corrected chi connectivity index (χ0v) is 14.6. The summed E-state index contributed by atoms with van der Waals surface area (Å²) in [7, 11) is -4.21. The van der Waals surface area contributed by atoms with Gasteiger partial charge in [-0.25, -0.2) is 18.4 Å². The Morgan fingerprint density at radius 1 is 1.23 bits per heavy atom. The second-order valence-electron chi connectivity index (χ2n) is 5.07. The van der Waals surface area contributed by atoms with E-state index in [4.69, 9.17) is 21.6 Å². The van der Waals surface area contributed by atoms with Gasteiger partial charge in [-0.3, -0.25) is 0 Å². The first kappa shape index (κ1) is 19.9. The molecular weight excluding hydrogens is 395 g/mol. The number of nitrogens with zero attached hydrogens (tertiary/aromatic N) is 3. The summed E-state index contributed by atoms with van der Waals surface area (Å²) in [6.45, 7) is 0. The van der Waals surface area contributed by atoms with Crippen LogP contribution in [0.1, 0.15) is 18.4 Å². The quantitative estimate of drug-likeness (QED) is 0.723. The maximum absolute atomic E-state index is 12.5. The Kier molecular flexibility index (Phi) is 6.05. The van der Waals surface area contributed by atoms with Crippen molar-refractivity contribution in [1.29, 1.82) is 5.26 Å². The molecule has 0 N–H and O–H groups in total. The van der Waals surface area contributed by atoms with Crippen molar-refractivity contribution in [2.75, 3.05) is 5.75 Å². The second kappa shape index (κ2) is 7.88. The molecular formula is C15H11ClF3N3O3S. The summed E-state index contributed by atoms with van der Waals surface area (Å²) in [5.41, 5.74) is -0.247. The van der Waals surface area contributed by atoms with Crippen molar-refractivity contribution < 1.29 is 26.3 Å². The Labute approximate surface area is 152 Å². The fourth-order valence-corrected chi connectivity index (χ4v) is 3.71. The van der Waals surface area contributed by atoms with Gasteiger partial charge in [0, 0.05) is 6.42 Å². The van der Waals surface area contributed by atoms with Gasteiger partial charge >= 0.3 is 12.2 Å². The van der Waals surface area contributed by atoms with Gasteiger partial charge in [-0.1, -0.05) is 17.7 Å². The molecule has 2 aromatic rings. The van der Waals surface area contributed by atoms with E-state index in [0.29, 0.717) is 0 Å². The van der Waals surface area contributed by atoms with Crippen molar-refractivity contribution in [1.82, 2.24) is 9.97 Å². The maximum atomic E-state index is 12.5. The summed E-state index contributed by atoms with van der Waals surface area (Å²) >= 11 is 5.65. The summed E-state index contributed by atoms with van der Waals surface area (Å²) in [5.74, 6) is -1.04. The Bertz CT molecular complexity index is 926. The van der Waals surface area contributed by atoms with Gasteiger partial charge in [-0.15, -0.1) is 0 Å². The standard InChI is InChI=1S/C15H11ClF3N3O3S/c16-11-8-21-14(22-9-11)25-12-4-1-3-10(7-20)13(12)26(23,24)6-2-5-15(17,18)19/h1,3-4,8-9H,2,5-6H2. The highest BCUT2D eigenvalue weighted by atomic mass is 35.5. The number of hydrogen-bond acceptors (Lipinski definition) is 6. The van der Waals surface area contributed by atoms with Crippen LogP contribution >= 0.6 is 11.6 Å². The molecule has 138 valence electrons. The molecule has 0 aliphatic carbocycles. The van der Waals surface area contributed by atoms with Crippen LogP contribution in [0, 0.1) is 11.3 Å². The molecule has 1 heterocycles. The van der Waals surface area contributed by atoms with Crippen molar-refractivity contribution in [3.05, 3.63) is 41.2 Å². The highest BCUT2D eigenvalue weighted by Crippen LogP contribution is 2.32. The molecule has 0 radical (unpaired) electrons. The lowest BCUT2D eigenvalue weighted by molar-refractivity contribution is -0.134. The van der Waals surface area contributed by atoms with Crippen molar-refractivity contribution in [3.63, 3.8) is 0 Å². The first-order valence-electron chi connectivity index (χ1n) is 7.10. The van der Waals surface area contributed by atoms with E-state index in [9.17, 15) is 21.6 Å². The largest absolute Gasteiger partial charge is 0.423 e. The van der Waals surface area contributed by atoms with Crippen LogP contribution in [0.3, 0.4) is 0 Å². The van der Waals surface area contributed by atoms with Crippen LogP contribution in [0.4, 0.5) is 13.2 Å². The van der Waals surface area contributed by atoms with E-state index < -0.39 is 39.5 Å². The molecule has 6 nitrogen and oxygen atoms in total. The Hall–Kier alpha value is -2.38. The summed E-state index contributed by atoms with van der Waals surface area (Å²) in [6, 6.07) is 5.34. The predicted molar refractivity (Wildman–Crippen MR) is 85.6 cm³/mol. The van der Waals surface area contributed by atoms with Crippen LogP contribution in [-0.4, -0.2) is 30.3 Å². The number of hydrogen-bond donors (Lipinski definition) is 0. The van der Waals surface area contributed by atoms with E-state index in [1.54, 1.807) is 6.07 Å². The monoisotopic (exact) mass is 405 g/mol. The fraction of sp³-hybridized carbons (Fsp3) is 0.267. The smallest absolute Gasteiger partial charge is 0.389 e. The van der Waals surface area contributed by atoms with Crippen LogP contribution in [0.2, 0.25) is 5.02 Å². The molecule has 2 rings (SSSR count).